The summed E-state index contributed by atoms with van der Waals surface area (Å²) >= 11 is 12.7. The van der Waals surface area contributed by atoms with Crippen molar-refractivity contribution in [1.29, 1.82) is 0 Å². The number of halogens is 2. The topological polar surface area (TPSA) is 88.0 Å². The van der Waals surface area contributed by atoms with E-state index in [2.05, 4.69) is 19.9 Å². The van der Waals surface area contributed by atoms with Crippen LogP contribution in [0.3, 0.4) is 0 Å². The first-order valence-electron chi connectivity index (χ1n) is 11.0. The number of pyridine rings is 1. The summed E-state index contributed by atoms with van der Waals surface area (Å²) in [6, 6.07) is 7.52. The lowest BCUT2D eigenvalue weighted by molar-refractivity contribution is 0.0740. The highest BCUT2D eigenvalue weighted by Crippen LogP contribution is 2.36. The van der Waals surface area contributed by atoms with E-state index in [1.807, 2.05) is 31.2 Å². The van der Waals surface area contributed by atoms with Crippen LogP contribution in [0.5, 0.6) is 0 Å². The molecular weight excluding hydrogens is 485 g/mol. The van der Waals surface area contributed by atoms with Crippen LogP contribution in [0.4, 0.5) is 5.82 Å². The summed E-state index contributed by atoms with van der Waals surface area (Å²) in [5.41, 5.74) is 4.39. The molecular formula is C25H21Cl2N7O. The van der Waals surface area contributed by atoms with Crippen LogP contribution in [0.15, 0.2) is 61.4 Å². The fourth-order valence-corrected chi connectivity index (χ4v) is 4.52. The van der Waals surface area contributed by atoms with E-state index in [-0.39, 0.29) is 5.91 Å². The van der Waals surface area contributed by atoms with Gasteiger partial charge in [-0.05, 0) is 30.7 Å². The quantitative estimate of drug-likeness (QED) is 0.401. The summed E-state index contributed by atoms with van der Waals surface area (Å²) in [7, 11) is 0. The number of nitrogens with zero attached hydrogens (tertiary/aromatic N) is 7. The Kier molecular flexibility index (Phi) is 6.57. The molecule has 0 N–H and O–H groups in total. The van der Waals surface area contributed by atoms with Crippen LogP contribution in [0.1, 0.15) is 16.1 Å². The molecule has 10 heteroatoms. The molecule has 1 fully saturated rings. The number of anilines is 1. The fraction of sp³-hybridized carbons (Fsp3) is 0.200. The Balaban J connectivity index is 1.46. The van der Waals surface area contributed by atoms with Crippen molar-refractivity contribution in [1.82, 2.24) is 29.8 Å². The third-order valence-electron chi connectivity index (χ3n) is 5.90. The number of rotatable bonds is 4. The zero-order valence-corrected chi connectivity index (χ0v) is 20.4. The lowest BCUT2D eigenvalue weighted by Gasteiger charge is -2.35. The van der Waals surface area contributed by atoms with Crippen LogP contribution < -0.4 is 4.90 Å². The van der Waals surface area contributed by atoms with E-state index in [9.17, 15) is 4.79 Å². The predicted octanol–water partition coefficient (Wildman–Crippen LogP) is 4.57. The number of benzene rings is 1. The van der Waals surface area contributed by atoms with E-state index in [0.717, 1.165) is 22.5 Å². The van der Waals surface area contributed by atoms with E-state index < -0.39 is 0 Å². The predicted molar refractivity (Wildman–Crippen MR) is 136 cm³/mol. The molecule has 0 atom stereocenters. The Morgan fingerprint density at radius 3 is 2.37 bits per heavy atom. The van der Waals surface area contributed by atoms with Crippen molar-refractivity contribution in [3.8, 4) is 22.5 Å². The first-order valence-corrected chi connectivity index (χ1v) is 11.8. The molecule has 0 spiro atoms. The Morgan fingerprint density at radius 2 is 1.66 bits per heavy atom. The van der Waals surface area contributed by atoms with Crippen LogP contribution in [0, 0.1) is 6.92 Å². The summed E-state index contributed by atoms with van der Waals surface area (Å²) in [6.07, 6.45) is 9.61. The maximum Gasteiger partial charge on any atom is 0.274 e. The van der Waals surface area contributed by atoms with Crippen LogP contribution in [-0.4, -0.2) is 61.9 Å². The molecule has 1 aliphatic heterocycles. The van der Waals surface area contributed by atoms with E-state index >= 15 is 0 Å². The second-order valence-electron chi connectivity index (χ2n) is 8.11. The molecule has 4 aromatic rings. The fourth-order valence-electron chi connectivity index (χ4n) is 4.09. The maximum atomic E-state index is 12.7. The highest BCUT2D eigenvalue weighted by atomic mass is 35.5. The Morgan fingerprint density at radius 1 is 0.857 bits per heavy atom. The minimum absolute atomic E-state index is 0.123. The molecule has 5 rings (SSSR count). The van der Waals surface area contributed by atoms with Crippen molar-refractivity contribution in [2.24, 2.45) is 0 Å². The zero-order valence-electron chi connectivity index (χ0n) is 18.9. The molecule has 0 radical (unpaired) electrons. The van der Waals surface area contributed by atoms with Crippen molar-refractivity contribution in [2.45, 2.75) is 6.92 Å². The van der Waals surface area contributed by atoms with E-state index in [1.165, 1.54) is 12.4 Å². The average molecular weight is 506 g/mol. The lowest BCUT2D eigenvalue weighted by Crippen LogP contribution is -2.49. The SMILES string of the molecule is Cc1cc(Cl)ccc1-c1ncc(N2CCN(C(=O)c3cnccn3)CC2)nc1-c1ccncc1Cl. The van der Waals surface area contributed by atoms with Crippen LogP contribution in [0.2, 0.25) is 10.0 Å². The minimum Gasteiger partial charge on any atom is -0.352 e. The summed E-state index contributed by atoms with van der Waals surface area (Å²) < 4.78 is 0. The maximum absolute atomic E-state index is 12.7. The highest BCUT2D eigenvalue weighted by molar-refractivity contribution is 6.33. The molecule has 1 amide bonds. The second-order valence-corrected chi connectivity index (χ2v) is 8.95. The number of hydrogen-bond donors (Lipinski definition) is 0. The summed E-state index contributed by atoms with van der Waals surface area (Å²) in [6.45, 7) is 4.30. The van der Waals surface area contributed by atoms with Gasteiger partial charge in [-0.2, -0.15) is 0 Å². The Labute approximate surface area is 212 Å². The normalized spacial score (nSPS) is 13.7. The van der Waals surface area contributed by atoms with E-state index in [1.54, 1.807) is 29.7 Å². The van der Waals surface area contributed by atoms with Crippen LogP contribution >= 0.6 is 23.2 Å². The summed E-state index contributed by atoms with van der Waals surface area (Å²) in [5, 5.41) is 1.15. The largest absolute Gasteiger partial charge is 0.352 e. The summed E-state index contributed by atoms with van der Waals surface area (Å²) in [5.74, 6) is 0.594. The lowest BCUT2D eigenvalue weighted by atomic mass is 10.0. The monoisotopic (exact) mass is 505 g/mol. The Bertz CT molecular complexity index is 1380. The second kappa shape index (κ2) is 9.93. The van der Waals surface area contributed by atoms with Crippen LogP contribution in [-0.2, 0) is 0 Å². The molecule has 176 valence electrons. The van der Waals surface area contributed by atoms with Gasteiger partial charge in [0.15, 0.2) is 0 Å². The van der Waals surface area contributed by atoms with Crippen molar-refractivity contribution >= 4 is 34.9 Å². The number of hydrogen-bond acceptors (Lipinski definition) is 7. The number of piperazine rings is 1. The molecule has 4 heterocycles. The smallest absolute Gasteiger partial charge is 0.274 e. The molecule has 1 aliphatic rings. The van der Waals surface area contributed by atoms with Gasteiger partial charge in [-0.25, -0.2) is 9.97 Å². The van der Waals surface area contributed by atoms with Crippen molar-refractivity contribution in [3.63, 3.8) is 0 Å². The average Bonchev–Trinajstić information content (AvgIpc) is 2.89. The Hall–Kier alpha value is -3.62. The van der Waals surface area contributed by atoms with Gasteiger partial charge in [-0.1, -0.05) is 29.3 Å². The van der Waals surface area contributed by atoms with Gasteiger partial charge in [0, 0.05) is 67.1 Å². The third-order valence-corrected chi connectivity index (χ3v) is 6.44. The van der Waals surface area contributed by atoms with E-state index in [4.69, 9.17) is 33.2 Å². The molecule has 0 bridgehead atoms. The van der Waals surface area contributed by atoms with Crippen molar-refractivity contribution < 1.29 is 4.79 Å². The van der Waals surface area contributed by atoms with Gasteiger partial charge >= 0.3 is 0 Å². The van der Waals surface area contributed by atoms with Gasteiger partial charge in [-0.3, -0.25) is 19.7 Å². The highest BCUT2D eigenvalue weighted by Gasteiger charge is 2.25. The first kappa shape index (κ1) is 23.1. The van der Waals surface area contributed by atoms with Crippen molar-refractivity contribution in [3.05, 3.63) is 82.7 Å². The molecule has 0 saturated carbocycles. The standard InChI is InChI=1S/C25H21Cl2N7O/c1-16-12-17(26)2-3-18(16)23-24(19-4-5-28-13-20(19)27)32-22(15-31-23)33-8-10-34(11-9-33)25(35)21-14-29-6-7-30-21/h2-7,12-15H,8-11H2,1H3. The van der Waals surface area contributed by atoms with Gasteiger partial charge < -0.3 is 9.80 Å². The summed E-state index contributed by atoms with van der Waals surface area (Å²) in [4.78, 5) is 38.6. The van der Waals surface area contributed by atoms with Gasteiger partial charge in [0.25, 0.3) is 5.91 Å². The number of aryl methyl sites for hydroxylation is 1. The van der Waals surface area contributed by atoms with E-state index in [0.29, 0.717) is 53.3 Å². The first-order chi connectivity index (χ1) is 17.0. The molecule has 0 aliphatic carbocycles. The number of aromatic nitrogens is 5. The van der Waals surface area contributed by atoms with Gasteiger partial charge in [-0.15, -0.1) is 0 Å². The van der Waals surface area contributed by atoms with Crippen LogP contribution in [0.25, 0.3) is 22.5 Å². The third kappa shape index (κ3) is 4.80. The molecule has 1 aromatic carbocycles. The molecule has 3 aromatic heterocycles. The number of carbonyl (C=O) groups excluding carboxylic acids is 1. The zero-order chi connectivity index (χ0) is 24.4. The van der Waals surface area contributed by atoms with Crippen molar-refractivity contribution in [2.75, 3.05) is 31.1 Å². The van der Waals surface area contributed by atoms with Gasteiger partial charge in [0.1, 0.15) is 17.2 Å². The van der Waals surface area contributed by atoms with Gasteiger partial charge in [0.05, 0.1) is 23.1 Å². The molecule has 1 saturated heterocycles. The molecule has 35 heavy (non-hydrogen) atoms. The number of carbonyl (C=O) groups is 1. The number of amides is 1. The minimum atomic E-state index is -0.123. The van der Waals surface area contributed by atoms with Gasteiger partial charge in [0.2, 0.25) is 0 Å². The molecule has 0 unspecified atom stereocenters. The molecule has 8 nitrogen and oxygen atoms in total.